The van der Waals surface area contributed by atoms with Crippen molar-refractivity contribution < 1.29 is 13.2 Å². The van der Waals surface area contributed by atoms with E-state index in [4.69, 9.17) is 4.74 Å². The molecule has 0 N–H and O–H groups in total. The molecule has 1 unspecified atom stereocenters. The summed E-state index contributed by atoms with van der Waals surface area (Å²) in [5.41, 5.74) is 5.17. The summed E-state index contributed by atoms with van der Waals surface area (Å²) < 4.78 is 32.6. The van der Waals surface area contributed by atoms with Crippen LogP contribution in [0.2, 0.25) is 0 Å². The number of ether oxygens (including phenoxy) is 1. The lowest BCUT2D eigenvalue weighted by atomic mass is 9.91. The second-order valence-electron chi connectivity index (χ2n) is 8.46. The smallest absolute Gasteiger partial charge is 0.232 e. The van der Waals surface area contributed by atoms with Crippen molar-refractivity contribution in [3.05, 3.63) is 83.9 Å². The molecule has 1 heterocycles. The van der Waals surface area contributed by atoms with E-state index in [0.29, 0.717) is 18.9 Å². The van der Waals surface area contributed by atoms with Gasteiger partial charge in [0.25, 0.3) is 0 Å². The van der Waals surface area contributed by atoms with Crippen LogP contribution in [-0.4, -0.2) is 34.0 Å². The monoisotopic (exact) mass is 462 g/mol. The Morgan fingerprint density at radius 1 is 1.03 bits per heavy atom. The van der Waals surface area contributed by atoms with Gasteiger partial charge in [0.2, 0.25) is 10.0 Å². The molecule has 3 aromatic carbocycles. The van der Waals surface area contributed by atoms with Crippen LogP contribution >= 0.6 is 0 Å². The van der Waals surface area contributed by atoms with E-state index in [1.807, 2.05) is 43.3 Å². The summed E-state index contributed by atoms with van der Waals surface area (Å²) in [6.45, 7) is 3.52. The van der Waals surface area contributed by atoms with Gasteiger partial charge in [0.1, 0.15) is 12.4 Å². The van der Waals surface area contributed by atoms with Crippen LogP contribution in [0.3, 0.4) is 0 Å². The predicted octanol–water partition coefficient (Wildman–Crippen LogP) is 5.35. The van der Waals surface area contributed by atoms with Crippen molar-refractivity contribution in [2.24, 2.45) is 10.9 Å². The first-order valence-electron chi connectivity index (χ1n) is 11.3. The van der Waals surface area contributed by atoms with Crippen LogP contribution in [0.15, 0.2) is 77.8 Å². The Bertz CT molecular complexity index is 1210. The zero-order valence-electron chi connectivity index (χ0n) is 19.1. The molecule has 3 aromatic rings. The van der Waals surface area contributed by atoms with E-state index < -0.39 is 10.0 Å². The zero-order chi connectivity index (χ0) is 23.3. The molecule has 1 aliphatic heterocycles. The van der Waals surface area contributed by atoms with Gasteiger partial charge in [-0.15, -0.1) is 0 Å². The maximum absolute atomic E-state index is 12.5. The maximum atomic E-state index is 12.5. The number of hydrogen-bond acceptors (Lipinski definition) is 4. The third-order valence-corrected chi connectivity index (χ3v) is 7.12. The van der Waals surface area contributed by atoms with E-state index in [9.17, 15) is 8.42 Å². The molecule has 0 saturated carbocycles. The summed E-state index contributed by atoms with van der Waals surface area (Å²) in [6, 6.07) is 24.4. The minimum absolute atomic E-state index is 0.255. The fourth-order valence-electron chi connectivity index (χ4n) is 4.23. The highest BCUT2D eigenvalue weighted by Crippen LogP contribution is 2.35. The van der Waals surface area contributed by atoms with Crippen molar-refractivity contribution in [1.29, 1.82) is 0 Å². The summed E-state index contributed by atoms with van der Waals surface area (Å²) in [4.78, 5) is 4.29. The van der Waals surface area contributed by atoms with Gasteiger partial charge in [-0.05, 0) is 60.2 Å². The Morgan fingerprint density at radius 2 is 1.76 bits per heavy atom. The van der Waals surface area contributed by atoms with E-state index in [1.165, 1.54) is 16.1 Å². The Labute approximate surface area is 196 Å². The third kappa shape index (κ3) is 5.82. The van der Waals surface area contributed by atoms with Gasteiger partial charge in [-0.3, -0.25) is 9.30 Å². The van der Waals surface area contributed by atoms with Gasteiger partial charge >= 0.3 is 0 Å². The Hall–Kier alpha value is -3.12. The molecule has 0 saturated heterocycles. The molecule has 33 heavy (non-hydrogen) atoms. The van der Waals surface area contributed by atoms with Gasteiger partial charge in [0.05, 0.1) is 11.9 Å². The Morgan fingerprint density at radius 3 is 2.45 bits per heavy atom. The number of fused-ring (bicyclic) bond motifs is 1. The van der Waals surface area contributed by atoms with Crippen LogP contribution < -0.4 is 9.04 Å². The van der Waals surface area contributed by atoms with Crippen molar-refractivity contribution in [2.45, 2.75) is 26.4 Å². The Kier molecular flexibility index (Phi) is 7.14. The lowest BCUT2D eigenvalue weighted by Gasteiger charge is -2.34. The Balaban J connectivity index is 1.47. The highest BCUT2D eigenvalue weighted by molar-refractivity contribution is 7.92. The molecule has 6 heteroatoms. The average molecular weight is 463 g/mol. The number of anilines is 1. The normalized spacial score (nSPS) is 16.1. The summed E-state index contributed by atoms with van der Waals surface area (Å²) in [6.07, 6.45) is 4.78. The fraction of sp³-hybridized carbons (Fsp3) is 0.296. The van der Waals surface area contributed by atoms with Gasteiger partial charge in [0.15, 0.2) is 0 Å². The summed E-state index contributed by atoms with van der Waals surface area (Å²) in [5.74, 6) is 0.925. The average Bonchev–Trinajstić information content (AvgIpc) is 2.83. The molecular weight excluding hydrogens is 432 g/mol. The number of aliphatic imine (C=N–C) groups is 1. The maximum Gasteiger partial charge on any atom is 0.232 e. The SMILES string of the molecule is CC=NCCC1Cc2ccc(OCc3ccc(-c4ccccc4)cc3)cc2N(S(C)(=O)=O)C1. The number of nitrogens with zero attached hydrogens (tertiary/aromatic N) is 2. The molecule has 4 rings (SSSR count). The first-order chi connectivity index (χ1) is 15.9. The van der Waals surface area contributed by atoms with Gasteiger partial charge in [-0.1, -0.05) is 60.7 Å². The lowest BCUT2D eigenvalue weighted by Crippen LogP contribution is -2.39. The topological polar surface area (TPSA) is 59.0 Å². The van der Waals surface area contributed by atoms with E-state index in [1.54, 1.807) is 6.21 Å². The highest BCUT2D eigenvalue weighted by Gasteiger charge is 2.30. The van der Waals surface area contributed by atoms with Gasteiger partial charge in [-0.25, -0.2) is 8.42 Å². The van der Waals surface area contributed by atoms with E-state index in [0.717, 1.165) is 41.8 Å². The summed E-state index contributed by atoms with van der Waals surface area (Å²) >= 11 is 0. The van der Waals surface area contributed by atoms with Crippen molar-refractivity contribution in [1.82, 2.24) is 0 Å². The molecule has 0 radical (unpaired) electrons. The zero-order valence-corrected chi connectivity index (χ0v) is 20.0. The molecule has 0 aliphatic carbocycles. The van der Waals surface area contributed by atoms with Crippen LogP contribution in [0.1, 0.15) is 24.5 Å². The summed E-state index contributed by atoms with van der Waals surface area (Å²) in [7, 11) is -3.38. The quantitative estimate of drug-likeness (QED) is 0.424. The van der Waals surface area contributed by atoms with Crippen LogP contribution in [0, 0.1) is 5.92 Å². The van der Waals surface area contributed by atoms with E-state index in [2.05, 4.69) is 41.4 Å². The van der Waals surface area contributed by atoms with Crippen LogP contribution in [-0.2, 0) is 23.1 Å². The number of benzene rings is 3. The molecular formula is C27H30N2O3S. The first kappa shape index (κ1) is 23.1. The van der Waals surface area contributed by atoms with Gasteiger partial charge in [0, 0.05) is 19.2 Å². The summed E-state index contributed by atoms with van der Waals surface area (Å²) in [5, 5.41) is 0. The van der Waals surface area contributed by atoms with E-state index >= 15 is 0 Å². The second-order valence-corrected chi connectivity index (χ2v) is 10.4. The highest BCUT2D eigenvalue weighted by atomic mass is 32.2. The molecule has 0 bridgehead atoms. The van der Waals surface area contributed by atoms with Gasteiger partial charge < -0.3 is 4.74 Å². The van der Waals surface area contributed by atoms with Crippen LogP contribution in [0.25, 0.3) is 11.1 Å². The molecule has 1 atom stereocenters. The number of sulfonamides is 1. The number of hydrogen-bond donors (Lipinski definition) is 0. The van der Waals surface area contributed by atoms with Crippen LogP contribution in [0.5, 0.6) is 5.75 Å². The minimum atomic E-state index is -3.38. The predicted molar refractivity (Wildman–Crippen MR) is 136 cm³/mol. The van der Waals surface area contributed by atoms with Crippen molar-refractivity contribution in [2.75, 3.05) is 23.7 Å². The van der Waals surface area contributed by atoms with Crippen LogP contribution in [0.4, 0.5) is 5.69 Å². The molecule has 1 aliphatic rings. The molecule has 0 spiro atoms. The van der Waals surface area contributed by atoms with Crippen molar-refractivity contribution in [3.8, 4) is 16.9 Å². The third-order valence-electron chi connectivity index (χ3n) is 5.97. The second kappa shape index (κ2) is 10.2. The fourth-order valence-corrected chi connectivity index (χ4v) is 5.24. The standard InChI is InChI=1S/C27H30N2O3S/c1-3-28-16-15-22-17-25-13-14-26(18-27(25)29(19-22)33(2,30)31)32-20-21-9-11-24(12-10-21)23-7-5-4-6-8-23/h3-14,18,22H,15-17,19-20H2,1-2H3. The molecule has 5 nitrogen and oxygen atoms in total. The number of rotatable bonds is 8. The lowest BCUT2D eigenvalue weighted by molar-refractivity contribution is 0.306. The largest absolute Gasteiger partial charge is 0.489 e. The molecule has 0 amide bonds. The first-order valence-corrected chi connectivity index (χ1v) is 13.1. The molecule has 0 aromatic heterocycles. The minimum Gasteiger partial charge on any atom is -0.489 e. The van der Waals surface area contributed by atoms with Crippen molar-refractivity contribution >= 4 is 21.9 Å². The van der Waals surface area contributed by atoms with E-state index in [-0.39, 0.29) is 5.92 Å². The van der Waals surface area contributed by atoms with Gasteiger partial charge in [-0.2, -0.15) is 0 Å². The molecule has 0 fully saturated rings. The molecule has 172 valence electrons. The van der Waals surface area contributed by atoms with Crippen molar-refractivity contribution in [3.63, 3.8) is 0 Å².